The van der Waals surface area contributed by atoms with Crippen molar-refractivity contribution in [2.24, 2.45) is 0 Å². The predicted octanol–water partition coefficient (Wildman–Crippen LogP) is 3.16. The molecule has 0 amide bonds. The molecule has 0 aromatic heterocycles. The summed E-state index contributed by atoms with van der Waals surface area (Å²) in [5.41, 5.74) is 0.984. The summed E-state index contributed by atoms with van der Waals surface area (Å²) in [5.74, 6) is -0.954. The molecule has 4 heteroatoms. The van der Waals surface area contributed by atoms with E-state index >= 15 is 0 Å². The highest BCUT2D eigenvalue weighted by atomic mass is 16.5. The molecule has 1 N–H and O–H groups in total. The number of hydrogen-bond donors (Lipinski definition) is 1. The lowest BCUT2D eigenvalue weighted by molar-refractivity contribution is -0.145. The molecule has 0 aliphatic rings. The van der Waals surface area contributed by atoms with E-state index in [1.807, 2.05) is 30.3 Å². The fraction of sp³-hybridized carbons (Fsp3) is 0.467. The number of esters is 1. The summed E-state index contributed by atoms with van der Waals surface area (Å²) in [4.78, 5) is 21.7. The third-order valence-electron chi connectivity index (χ3n) is 2.76. The van der Waals surface area contributed by atoms with Gasteiger partial charge in [0.15, 0.2) is 0 Å². The molecule has 0 unspecified atom stereocenters. The van der Waals surface area contributed by atoms with Gasteiger partial charge in [-0.05, 0) is 18.4 Å². The van der Waals surface area contributed by atoms with E-state index in [1.54, 1.807) is 0 Å². The molecular formula is C15H20O4. The summed E-state index contributed by atoms with van der Waals surface area (Å²) in [7, 11) is 0. The van der Waals surface area contributed by atoms with Crippen LogP contribution in [-0.4, -0.2) is 17.0 Å². The molecule has 1 aromatic rings. The van der Waals surface area contributed by atoms with Gasteiger partial charge in [-0.2, -0.15) is 0 Å². The average molecular weight is 264 g/mol. The molecule has 0 saturated heterocycles. The van der Waals surface area contributed by atoms with Crippen molar-refractivity contribution < 1.29 is 19.4 Å². The maximum Gasteiger partial charge on any atom is 0.306 e. The minimum absolute atomic E-state index is 0.193. The van der Waals surface area contributed by atoms with E-state index in [4.69, 9.17) is 9.84 Å². The van der Waals surface area contributed by atoms with Crippen LogP contribution in [0, 0.1) is 0 Å². The molecule has 0 saturated carbocycles. The quantitative estimate of drug-likeness (QED) is 0.549. The van der Waals surface area contributed by atoms with Gasteiger partial charge in [-0.25, -0.2) is 0 Å². The maximum atomic E-state index is 11.4. The summed E-state index contributed by atoms with van der Waals surface area (Å²) in [5, 5.41) is 8.46. The van der Waals surface area contributed by atoms with Crippen molar-refractivity contribution in [2.75, 3.05) is 0 Å². The fourth-order valence-corrected chi connectivity index (χ4v) is 1.71. The van der Waals surface area contributed by atoms with Crippen molar-refractivity contribution in [3.8, 4) is 0 Å². The van der Waals surface area contributed by atoms with Crippen LogP contribution in [0.4, 0.5) is 0 Å². The lowest BCUT2D eigenvalue weighted by Gasteiger charge is -2.04. The Morgan fingerprint density at radius 3 is 2.21 bits per heavy atom. The van der Waals surface area contributed by atoms with Crippen molar-refractivity contribution >= 4 is 11.9 Å². The van der Waals surface area contributed by atoms with Crippen molar-refractivity contribution in [3.63, 3.8) is 0 Å². The van der Waals surface area contributed by atoms with Crippen molar-refractivity contribution in [1.82, 2.24) is 0 Å². The van der Waals surface area contributed by atoms with E-state index in [2.05, 4.69) is 0 Å². The first-order valence-corrected chi connectivity index (χ1v) is 6.60. The van der Waals surface area contributed by atoms with E-state index in [0.29, 0.717) is 19.4 Å². The van der Waals surface area contributed by atoms with Crippen molar-refractivity contribution in [1.29, 1.82) is 0 Å². The molecule has 0 fully saturated rings. The third kappa shape index (κ3) is 7.97. The minimum Gasteiger partial charge on any atom is -0.481 e. The predicted molar refractivity (Wildman–Crippen MR) is 71.6 cm³/mol. The monoisotopic (exact) mass is 264 g/mol. The first kappa shape index (κ1) is 15.2. The Balaban J connectivity index is 2.01. The molecule has 0 aliphatic carbocycles. The SMILES string of the molecule is O=C(O)CCCCCCC(=O)OCc1ccccc1. The van der Waals surface area contributed by atoms with E-state index in [9.17, 15) is 9.59 Å². The van der Waals surface area contributed by atoms with Gasteiger partial charge in [0.2, 0.25) is 0 Å². The third-order valence-corrected chi connectivity index (χ3v) is 2.76. The number of ether oxygens (including phenoxy) is 1. The van der Waals surface area contributed by atoms with Gasteiger partial charge < -0.3 is 9.84 Å². The molecular weight excluding hydrogens is 244 g/mol. The Labute approximate surface area is 113 Å². The van der Waals surface area contributed by atoms with Crippen LogP contribution in [-0.2, 0) is 20.9 Å². The zero-order valence-corrected chi connectivity index (χ0v) is 11.0. The number of rotatable bonds is 9. The second-order valence-corrected chi connectivity index (χ2v) is 4.45. The zero-order valence-electron chi connectivity index (χ0n) is 11.0. The molecule has 0 spiro atoms. The van der Waals surface area contributed by atoms with Gasteiger partial charge in [-0.15, -0.1) is 0 Å². The molecule has 1 aromatic carbocycles. The summed E-state index contributed by atoms with van der Waals surface area (Å²) in [6.07, 6.45) is 3.76. The number of carboxylic acid groups (broad SMARTS) is 1. The van der Waals surface area contributed by atoms with E-state index in [-0.39, 0.29) is 12.4 Å². The zero-order chi connectivity index (χ0) is 13.9. The molecule has 0 bridgehead atoms. The summed E-state index contributed by atoms with van der Waals surface area (Å²) < 4.78 is 5.14. The van der Waals surface area contributed by atoms with Crippen LogP contribution in [0.15, 0.2) is 30.3 Å². The highest BCUT2D eigenvalue weighted by Crippen LogP contribution is 2.07. The molecule has 4 nitrogen and oxygen atoms in total. The molecule has 104 valence electrons. The van der Waals surface area contributed by atoms with E-state index in [0.717, 1.165) is 24.8 Å². The van der Waals surface area contributed by atoms with Crippen LogP contribution >= 0.6 is 0 Å². The normalized spacial score (nSPS) is 10.1. The average Bonchev–Trinajstić information content (AvgIpc) is 2.41. The van der Waals surface area contributed by atoms with Gasteiger partial charge in [0.05, 0.1) is 0 Å². The maximum absolute atomic E-state index is 11.4. The number of hydrogen-bond acceptors (Lipinski definition) is 3. The lowest BCUT2D eigenvalue weighted by atomic mass is 10.1. The van der Waals surface area contributed by atoms with Gasteiger partial charge in [0.1, 0.15) is 6.61 Å². The van der Waals surface area contributed by atoms with Crippen molar-refractivity contribution in [3.05, 3.63) is 35.9 Å². The number of carboxylic acids is 1. The molecule has 19 heavy (non-hydrogen) atoms. The Kier molecular flexibility index (Phi) is 7.32. The first-order valence-electron chi connectivity index (χ1n) is 6.60. The highest BCUT2D eigenvalue weighted by Gasteiger charge is 2.03. The number of carbonyl (C=O) groups is 2. The number of aliphatic carboxylic acids is 1. The van der Waals surface area contributed by atoms with Crippen LogP contribution < -0.4 is 0 Å². The van der Waals surface area contributed by atoms with Gasteiger partial charge in [-0.1, -0.05) is 43.2 Å². The first-order chi connectivity index (χ1) is 9.18. The number of carbonyl (C=O) groups excluding carboxylic acids is 1. The Bertz CT molecular complexity index is 386. The largest absolute Gasteiger partial charge is 0.481 e. The summed E-state index contributed by atoms with van der Waals surface area (Å²) >= 11 is 0. The van der Waals surface area contributed by atoms with Crippen molar-refractivity contribution in [2.45, 2.75) is 45.1 Å². The second kappa shape index (κ2) is 9.14. The molecule has 0 radical (unpaired) electrons. The van der Waals surface area contributed by atoms with Crippen LogP contribution in [0.5, 0.6) is 0 Å². The Morgan fingerprint density at radius 2 is 1.58 bits per heavy atom. The smallest absolute Gasteiger partial charge is 0.306 e. The minimum atomic E-state index is -0.762. The standard InChI is InChI=1S/C15H20O4/c16-14(17)10-6-1-2-7-11-15(18)19-12-13-8-4-3-5-9-13/h3-5,8-9H,1-2,6-7,10-12H2,(H,16,17). The molecule has 0 heterocycles. The van der Waals surface area contributed by atoms with Gasteiger partial charge in [0.25, 0.3) is 0 Å². The van der Waals surface area contributed by atoms with E-state index in [1.165, 1.54) is 0 Å². The highest BCUT2D eigenvalue weighted by molar-refractivity contribution is 5.69. The van der Waals surface area contributed by atoms with E-state index < -0.39 is 5.97 Å². The summed E-state index contributed by atoms with van der Waals surface area (Å²) in [6, 6.07) is 9.57. The Hall–Kier alpha value is -1.84. The topological polar surface area (TPSA) is 63.6 Å². The van der Waals surface area contributed by atoms with Crippen LogP contribution in [0.2, 0.25) is 0 Å². The lowest BCUT2D eigenvalue weighted by Crippen LogP contribution is -2.04. The summed E-state index contributed by atoms with van der Waals surface area (Å²) in [6.45, 7) is 0.318. The van der Waals surface area contributed by atoms with Crippen LogP contribution in [0.25, 0.3) is 0 Å². The Morgan fingerprint density at radius 1 is 0.947 bits per heavy atom. The fourth-order valence-electron chi connectivity index (χ4n) is 1.71. The van der Waals surface area contributed by atoms with Gasteiger partial charge >= 0.3 is 11.9 Å². The molecule has 0 atom stereocenters. The molecule has 1 rings (SSSR count). The number of benzene rings is 1. The number of unbranched alkanes of at least 4 members (excludes halogenated alkanes) is 3. The van der Waals surface area contributed by atoms with Gasteiger partial charge in [0, 0.05) is 12.8 Å². The van der Waals surface area contributed by atoms with Gasteiger partial charge in [-0.3, -0.25) is 9.59 Å². The van der Waals surface area contributed by atoms with Crippen LogP contribution in [0.1, 0.15) is 44.1 Å². The molecule has 0 aliphatic heterocycles. The second-order valence-electron chi connectivity index (χ2n) is 4.45. The van der Waals surface area contributed by atoms with Crippen LogP contribution in [0.3, 0.4) is 0 Å².